The maximum Gasteiger partial charge on any atom is 0.330 e. The molecule has 1 aliphatic heterocycles. The van der Waals surface area contributed by atoms with Gasteiger partial charge in [0.2, 0.25) is 5.91 Å². The molecule has 0 radical (unpaired) electrons. The fourth-order valence-corrected chi connectivity index (χ4v) is 4.33. The monoisotopic (exact) mass is 505 g/mol. The van der Waals surface area contributed by atoms with Crippen LogP contribution in [0.2, 0.25) is 5.02 Å². The van der Waals surface area contributed by atoms with Crippen LogP contribution in [0.1, 0.15) is 24.1 Å². The lowest BCUT2D eigenvalue weighted by Gasteiger charge is -2.22. The molecule has 8 nitrogen and oxygen atoms in total. The Morgan fingerprint density at radius 2 is 1.94 bits per heavy atom. The highest BCUT2D eigenvalue weighted by Crippen LogP contribution is 2.44. The second kappa shape index (κ2) is 10.0. The van der Waals surface area contributed by atoms with E-state index in [4.69, 9.17) is 25.8 Å². The molecule has 1 aliphatic rings. The molecule has 0 bridgehead atoms. The largest absolute Gasteiger partial charge is 0.495 e. The molecule has 1 amide bonds. The Morgan fingerprint density at radius 3 is 2.60 bits per heavy atom. The number of aromatic nitrogens is 1. The first kappa shape index (κ1) is 24.6. The number of ether oxygens (including phenoxy) is 3. The van der Waals surface area contributed by atoms with Gasteiger partial charge in [-0.1, -0.05) is 11.6 Å². The maximum atomic E-state index is 15.2. The lowest BCUT2D eigenvalue weighted by Crippen LogP contribution is -2.31. The van der Waals surface area contributed by atoms with Crippen LogP contribution in [0.3, 0.4) is 0 Å². The van der Waals surface area contributed by atoms with E-state index in [1.54, 1.807) is 11.0 Å². The van der Waals surface area contributed by atoms with Crippen LogP contribution in [0.4, 0.5) is 14.6 Å². The van der Waals surface area contributed by atoms with Crippen LogP contribution in [0.25, 0.3) is 10.9 Å². The van der Waals surface area contributed by atoms with Gasteiger partial charge in [-0.25, -0.2) is 18.6 Å². The van der Waals surface area contributed by atoms with Crippen molar-refractivity contribution in [2.45, 2.75) is 19.5 Å². The van der Waals surface area contributed by atoms with Crippen LogP contribution < -0.4 is 14.8 Å². The number of rotatable bonds is 7. The number of amides is 1. The number of carbonyl (C=O) groups is 2. The zero-order valence-electron chi connectivity index (χ0n) is 19.2. The zero-order valence-corrected chi connectivity index (χ0v) is 19.9. The highest BCUT2D eigenvalue weighted by atomic mass is 35.5. The molecule has 1 aromatic heterocycles. The first-order valence-corrected chi connectivity index (χ1v) is 11.0. The molecule has 35 heavy (non-hydrogen) atoms. The Kier molecular flexibility index (Phi) is 7.04. The van der Waals surface area contributed by atoms with Gasteiger partial charge in [-0.2, -0.15) is 0 Å². The summed E-state index contributed by atoms with van der Waals surface area (Å²) in [5, 5.41) is 3.10. The zero-order chi connectivity index (χ0) is 25.3. The number of hydrogen-bond donors (Lipinski definition) is 1. The van der Waals surface area contributed by atoms with Crippen molar-refractivity contribution in [2.75, 3.05) is 32.7 Å². The molecule has 3 aromatic rings. The Labute approximate surface area is 204 Å². The standard InChI is InChI=1S/C24H22ClF2N3O5/c1-12-20-15-8-17(34-3)21(25)22(27)23(15)29-24(16(20)10-30(12)18(31)11-33-2)28-9-19(32)35-14-6-4-13(26)5-7-14/h4-8,12H,9-11H2,1-3H3,(H,28,29)/t12-/m0/s1. The first-order valence-electron chi connectivity index (χ1n) is 10.6. The molecule has 4 rings (SSSR count). The quantitative estimate of drug-likeness (QED) is 0.379. The number of esters is 1. The summed E-state index contributed by atoms with van der Waals surface area (Å²) in [5.41, 5.74) is 1.24. The Bertz CT molecular complexity index is 1300. The van der Waals surface area contributed by atoms with Crippen molar-refractivity contribution in [2.24, 2.45) is 0 Å². The first-order chi connectivity index (χ1) is 16.7. The maximum absolute atomic E-state index is 15.2. The summed E-state index contributed by atoms with van der Waals surface area (Å²) in [6.45, 7) is 1.54. The van der Waals surface area contributed by atoms with Gasteiger partial charge in [0.05, 0.1) is 19.7 Å². The van der Waals surface area contributed by atoms with Gasteiger partial charge in [0.15, 0.2) is 5.82 Å². The number of carbonyl (C=O) groups excluding carboxylic acids is 2. The second-order valence-corrected chi connectivity index (χ2v) is 8.25. The third-order valence-corrected chi connectivity index (χ3v) is 6.09. The minimum atomic E-state index is -0.783. The Hall–Kier alpha value is -3.50. The van der Waals surface area contributed by atoms with Crippen LogP contribution in [0.5, 0.6) is 11.5 Å². The van der Waals surface area contributed by atoms with Crippen LogP contribution in [0.15, 0.2) is 30.3 Å². The van der Waals surface area contributed by atoms with Crippen LogP contribution >= 0.6 is 11.6 Å². The van der Waals surface area contributed by atoms with Crippen molar-refractivity contribution in [3.8, 4) is 11.5 Å². The lowest BCUT2D eigenvalue weighted by molar-refractivity contribution is -0.137. The fraction of sp³-hybridized carbons (Fsp3) is 0.292. The molecule has 11 heteroatoms. The van der Waals surface area contributed by atoms with E-state index in [1.165, 1.54) is 38.5 Å². The van der Waals surface area contributed by atoms with Gasteiger partial charge in [0.25, 0.3) is 0 Å². The van der Waals surface area contributed by atoms with E-state index in [2.05, 4.69) is 10.3 Å². The van der Waals surface area contributed by atoms with E-state index in [0.29, 0.717) is 16.5 Å². The highest BCUT2D eigenvalue weighted by Gasteiger charge is 2.35. The average Bonchev–Trinajstić information content (AvgIpc) is 3.19. The molecule has 2 heterocycles. The van der Waals surface area contributed by atoms with Gasteiger partial charge in [-0.15, -0.1) is 0 Å². The number of anilines is 1. The van der Waals surface area contributed by atoms with E-state index in [0.717, 1.165) is 0 Å². The molecule has 0 saturated heterocycles. The third-order valence-electron chi connectivity index (χ3n) is 5.74. The summed E-state index contributed by atoms with van der Waals surface area (Å²) < 4.78 is 43.7. The van der Waals surface area contributed by atoms with E-state index >= 15 is 4.39 Å². The topological polar surface area (TPSA) is 90.0 Å². The smallest absolute Gasteiger partial charge is 0.330 e. The number of halogens is 3. The number of nitrogens with one attached hydrogen (secondary N) is 1. The van der Waals surface area contributed by atoms with Crippen LogP contribution in [-0.4, -0.2) is 49.1 Å². The number of benzene rings is 2. The van der Waals surface area contributed by atoms with E-state index in [9.17, 15) is 14.0 Å². The van der Waals surface area contributed by atoms with Crippen LogP contribution in [0, 0.1) is 11.6 Å². The summed E-state index contributed by atoms with van der Waals surface area (Å²) in [6, 6.07) is 6.13. The van der Waals surface area contributed by atoms with E-state index in [1.807, 2.05) is 6.92 Å². The summed E-state index contributed by atoms with van der Waals surface area (Å²) in [6.07, 6.45) is 0. The second-order valence-electron chi connectivity index (χ2n) is 7.87. The Balaban J connectivity index is 1.71. The van der Waals surface area contributed by atoms with Gasteiger partial charge in [-0.3, -0.25) is 4.79 Å². The van der Waals surface area contributed by atoms with Gasteiger partial charge < -0.3 is 24.4 Å². The minimum absolute atomic E-state index is 0.0307. The normalized spacial score (nSPS) is 14.7. The van der Waals surface area contributed by atoms with E-state index in [-0.39, 0.29) is 53.5 Å². The Morgan fingerprint density at radius 1 is 1.23 bits per heavy atom. The van der Waals surface area contributed by atoms with Gasteiger partial charge in [-0.05, 0) is 42.8 Å². The summed E-state index contributed by atoms with van der Waals surface area (Å²) in [4.78, 5) is 31.0. The average molecular weight is 506 g/mol. The SMILES string of the molecule is COCC(=O)N1Cc2c(NCC(=O)Oc3ccc(F)cc3)nc3c(F)c(Cl)c(OC)cc3c2[C@@H]1C. The summed E-state index contributed by atoms with van der Waals surface area (Å²) >= 11 is 6.12. The molecule has 0 fully saturated rings. The predicted molar refractivity (Wildman–Crippen MR) is 125 cm³/mol. The fourth-order valence-electron chi connectivity index (χ4n) is 4.11. The van der Waals surface area contributed by atoms with Crippen molar-refractivity contribution in [1.82, 2.24) is 9.88 Å². The molecule has 1 N–H and O–H groups in total. The number of hydrogen-bond acceptors (Lipinski definition) is 7. The van der Waals surface area contributed by atoms with E-state index < -0.39 is 23.6 Å². The molecule has 2 aromatic carbocycles. The molecule has 1 atom stereocenters. The molecule has 184 valence electrons. The molecule has 0 saturated carbocycles. The lowest BCUT2D eigenvalue weighted by atomic mass is 10.00. The number of pyridine rings is 1. The molecule has 0 spiro atoms. The van der Waals surface area contributed by atoms with Gasteiger partial charge in [0.1, 0.15) is 46.8 Å². The summed E-state index contributed by atoms with van der Waals surface area (Å²) in [5.74, 6) is -1.65. The van der Waals surface area contributed by atoms with Crippen molar-refractivity contribution >= 4 is 40.2 Å². The number of nitrogens with zero attached hydrogens (tertiary/aromatic N) is 2. The summed E-state index contributed by atoms with van der Waals surface area (Å²) in [7, 11) is 2.80. The van der Waals surface area contributed by atoms with Crippen molar-refractivity contribution in [3.05, 3.63) is 58.1 Å². The molecular weight excluding hydrogens is 484 g/mol. The molecule has 0 aliphatic carbocycles. The molecule has 0 unspecified atom stereocenters. The van der Waals surface area contributed by atoms with Crippen molar-refractivity contribution in [1.29, 1.82) is 0 Å². The van der Waals surface area contributed by atoms with Gasteiger partial charge >= 0.3 is 5.97 Å². The van der Waals surface area contributed by atoms with Crippen molar-refractivity contribution < 1.29 is 32.6 Å². The molecular formula is C24H22ClF2N3O5. The third kappa shape index (κ3) is 4.71. The highest BCUT2D eigenvalue weighted by molar-refractivity contribution is 6.33. The van der Waals surface area contributed by atoms with Gasteiger partial charge in [0, 0.05) is 18.1 Å². The number of methoxy groups -OCH3 is 2. The number of fused-ring (bicyclic) bond motifs is 3. The van der Waals surface area contributed by atoms with Crippen LogP contribution in [-0.2, 0) is 20.9 Å². The minimum Gasteiger partial charge on any atom is -0.495 e. The van der Waals surface area contributed by atoms with Crippen molar-refractivity contribution in [3.63, 3.8) is 0 Å². The predicted octanol–water partition coefficient (Wildman–Crippen LogP) is 4.24.